The molecule has 0 spiro atoms. The number of nitrogens with zero attached hydrogens (tertiary/aromatic N) is 1. The molecule has 0 saturated carbocycles. The number of nitrogens with one attached hydrogen (secondary N) is 1. The van der Waals surface area contributed by atoms with Gasteiger partial charge in [-0.15, -0.1) is 0 Å². The van der Waals surface area contributed by atoms with Crippen LogP contribution >= 0.6 is 15.9 Å². The van der Waals surface area contributed by atoms with Crippen molar-refractivity contribution in [2.24, 2.45) is 5.92 Å². The molecule has 0 atom stereocenters. The van der Waals surface area contributed by atoms with E-state index in [0.717, 1.165) is 16.9 Å². The smallest absolute Gasteiger partial charge is 0.0404 e. The summed E-state index contributed by atoms with van der Waals surface area (Å²) < 4.78 is 1.16. The van der Waals surface area contributed by atoms with Gasteiger partial charge in [0.25, 0.3) is 0 Å². The summed E-state index contributed by atoms with van der Waals surface area (Å²) in [5.74, 6) is 0.904. The molecule has 1 fully saturated rings. The summed E-state index contributed by atoms with van der Waals surface area (Å²) in [4.78, 5) is 2.39. The topological polar surface area (TPSA) is 15.3 Å². The Bertz CT molecular complexity index is 386. The molecule has 100 valence electrons. The SMILES string of the molecule is Cc1ccc(Br)cc1N(C)CCC1CCNCC1. The number of hydrogen-bond acceptors (Lipinski definition) is 2. The summed E-state index contributed by atoms with van der Waals surface area (Å²) in [6, 6.07) is 6.51. The van der Waals surface area contributed by atoms with E-state index in [-0.39, 0.29) is 0 Å². The molecular weight excluding hydrogens is 288 g/mol. The zero-order valence-corrected chi connectivity index (χ0v) is 13.0. The van der Waals surface area contributed by atoms with Gasteiger partial charge in [-0.3, -0.25) is 0 Å². The molecular formula is C15H23BrN2. The van der Waals surface area contributed by atoms with Gasteiger partial charge in [0.2, 0.25) is 0 Å². The first-order valence-corrected chi connectivity index (χ1v) is 7.64. The molecule has 0 radical (unpaired) electrons. The van der Waals surface area contributed by atoms with Crippen molar-refractivity contribution in [1.82, 2.24) is 5.32 Å². The number of benzene rings is 1. The van der Waals surface area contributed by atoms with Gasteiger partial charge in [0.15, 0.2) is 0 Å². The predicted molar refractivity (Wildman–Crippen MR) is 82.4 cm³/mol. The van der Waals surface area contributed by atoms with Crippen molar-refractivity contribution in [3.63, 3.8) is 0 Å². The molecule has 1 N–H and O–H groups in total. The fourth-order valence-corrected chi connectivity index (χ4v) is 3.01. The van der Waals surface area contributed by atoms with Crippen molar-refractivity contribution >= 4 is 21.6 Å². The molecule has 1 saturated heterocycles. The second kappa shape index (κ2) is 6.58. The van der Waals surface area contributed by atoms with Gasteiger partial charge >= 0.3 is 0 Å². The van der Waals surface area contributed by atoms with Crippen LogP contribution in [-0.2, 0) is 0 Å². The molecule has 0 aromatic heterocycles. The van der Waals surface area contributed by atoms with Gasteiger partial charge in [0, 0.05) is 23.8 Å². The van der Waals surface area contributed by atoms with Gasteiger partial charge in [-0.2, -0.15) is 0 Å². The van der Waals surface area contributed by atoms with E-state index in [4.69, 9.17) is 0 Å². The van der Waals surface area contributed by atoms with Crippen molar-refractivity contribution in [2.75, 3.05) is 31.6 Å². The molecule has 1 heterocycles. The van der Waals surface area contributed by atoms with Crippen LogP contribution in [0.25, 0.3) is 0 Å². The van der Waals surface area contributed by atoms with Crippen LogP contribution in [0.15, 0.2) is 22.7 Å². The van der Waals surface area contributed by atoms with Crippen LogP contribution < -0.4 is 10.2 Å². The van der Waals surface area contributed by atoms with Gasteiger partial charge in [-0.1, -0.05) is 22.0 Å². The Labute approximate surface area is 119 Å². The van der Waals surface area contributed by atoms with E-state index in [1.165, 1.54) is 43.6 Å². The summed E-state index contributed by atoms with van der Waals surface area (Å²) in [5.41, 5.74) is 2.70. The molecule has 1 aromatic carbocycles. The number of anilines is 1. The maximum Gasteiger partial charge on any atom is 0.0404 e. The number of hydrogen-bond donors (Lipinski definition) is 1. The number of aryl methyl sites for hydroxylation is 1. The first-order valence-electron chi connectivity index (χ1n) is 6.85. The third-order valence-electron chi connectivity index (χ3n) is 3.91. The Morgan fingerprint density at radius 1 is 1.33 bits per heavy atom. The zero-order valence-electron chi connectivity index (χ0n) is 11.4. The molecule has 0 bridgehead atoms. The van der Waals surface area contributed by atoms with E-state index in [1.807, 2.05) is 0 Å². The molecule has 18 heavy (non-hydrogen) atoms. The predicted octanol–water partition coefficient (Wildman–Crippen LogP) is 3.58. The van der Waals surface area contributed by atoms with Crippen molar-refractivity contribution in [1.29, 1.82) is 0 Å². The number of halogens is 1. The summed E-state index contributed by atoms with van der Waals surface area (Å²) in [5, 5.41) is 3.43. The highest BCUT2D eigenvalue weighted by Crippen LogP contribution is 2.25. The lowest BCUT2D eigenvalue weighted by atomic mass is 9.94. The minimum Gasteiger partial charge on any atom is -0.374 e. The Morgan fingerprint density at radius 3 is 2.78 bits per heavy atom. The lowest BCUT2D eigenvalue weighted by Crippen LogP contribution is -2.30. The summed E-state index contributed by atoms with van der Waals surface area (Å²) in [7, 11) is 2.20. The second-order valence-corrected chi connectivity index (χ2v) is 6.25. The maximum absolute atomic E-state index is 3.56. The van der Waals surface area contributed by atoms with Crippen LogP contribution in [0.4, 0.5) is 5.69 Å². The van der Waals surface area contributed by atoms with Crippen LogP contribution in [0.3, 0.4) is 0 Å². The van der Waals surface area contributed by atoms with Crippen molar-refractivity contribution < 1.29 is 0 Å². The standard InChI is InChI=1S/C15H23BrN2/c1-12-3-4-14(16)11-15(12)18(2)10-7-13-5-8-17-9-6-13/h3-4,11,13,17H,5-10H2,1-2H3. The molecule has 2 nitrogen and oxygen atoms in total. The minimum absolute atomic E-state index is 0.904. The Kier molecular flexibility index (Phi) is 5.07. The van der Waals surface area contributed by atoms with Crippen molar-refractivity contribution in [2.45, 2.75) is 26.2 Å². The number of rotatable bonds is 4. The van der Waals surface area contributed by atoms with Crippen LogP contribution in [0.2, 0.25) is 0 Å². The van der Waals surface area contributed by atoms with Crippen LogP contribution in [0.1, 0.15) is 24.8 Å². The van der Waals surface area contributed by atoms with Gasteiger partial charge in [-0.05, 0) is 62.9 Å². The van der Waals surface area contributed by atoms with Gasteiger partial charge in [0.1, 0.15) is 0 Å². The highest BCUT2D eigenvalue weighted by molar-refractivity contribution is 9.10. The highest BCUT2D eigenvalue weighted by atomic mass is 79.9. The minimum atomic E-state index is 0.904. The van der Waals surface area contributed by atoms with E-state index in [0.29, 0.717) is 0 Å². The molecule has 1 aliphatic heterocycles. The Hall–Kier alpha value is -0.540. The highest BCUT2D eigenvalue weighted by Gasteiger charge is 2.14. The molecule has 0 aliphatic carbocycles. The average Bonchev–Trinajstić information content (AvgIpc) is 2.40. The second-order valence-electron chi connectivity index (χ2n) is 5.33. The summed E-state index contributed by atoms with van der Waals surface area (Å²) >= 11 is 3.56. The third kappa shape index (κ3) is 3.72. The lowest BCUT2D eigenvalue weighted by Gasteiger charge is -2.27. The van der Waals surface area contributed by atoms with Gasteiger partial charge < -0.3 is 10.2 Å². The van der Waals surface area contributed by atoms with E-state index in [9.17, 15) is 0 Å². The monoisotopic (exact) mass is 310 g/mol. The Balaban J connectivity index is 1.90. The van der Waals surface area contributed by atoms with Gasteiger partial charge in [-0.25, -0.2) is 0 Å². The lowest BCUT2D eigenvalue weighted by molar-refractivity contribution is 0.356. The van der Waals surface area contributed by atoms with Gasteiger partial charge in [0.05, 0.1) is 0 Å². The summed E-state index contributed by atoms with van der Waals surface area (Å²) in [6.07, 6.45) is 3.99. The summed E-state index contributed by atoms with van der Waals surface area (Å²) in [6.45, 7) is 5.74. The van der Waals surface area contributed by atoms with E-state index in [2.05, 4.69) is 58.3 Å². The first-order chi connectivity index (χ1) is 8.66. The molecule has 0 amide bonds. The zero-order chi connectivity index (χ0) is 13.0. The van der Waals surface area contributed by atoms with E-state index >= 15 is 0 Å². The average molecular weight is 311 g/mol. The van der Waals surface area contributed by atoms with Crippen molar-refractivity contribution in [3.05, 3.63) is 28.2 Å². The molecule has 3 heteroatoms. The van der Waals surface area contributed by atoms with Crippen LogP contribution in [-0.4, -0.2) is 26.7 Å². The van der Waals surface area contributed by atoms with Crippen LogP contribution in [0.5, 0.6) is 0 Å². The quantitative estimate of drug-likeness (QED) is 0.914. The molecule has 0 unspecified atom stereocenters. The third-order valence-corrected chi connectivity index (χ3v) is 4.41. The fraction of sp³-hybridized carbons (Fsp3) is 0.600. The molecule has 2 rings (SSSR count). The maximum atomic E-state index is 3.56. The fourth-order valence-electron chi connectivity index (χ4n) is 2.66. The first kappa shape index (κ1) is 13.9. The largest absolute Gasteiger partial charge is 0.374 e. The number of piperidine rings is 1. The normalized spacial score (nSPS) is 16.8. The Morgan fingerprint density at radius 2 is 2.06 bits per heavy atom. The molecule has 1 aromatic rings. The van der Waals surface area contributed by atoms with Crippen LogP contribution in [0, 0.1) is 12.8 Å². The van der Waals surface area contributed by atoms with E-state index < -0.39 is 0 Å². The molecule has 1 aliphatic rings. The van der Waals surface area contributed by atoms with E-state index in [1.54, 1.807) is 0 Å². The van der Waals surface area contributed by atoms with Crippen molar-refractivity contribution in [3.8, 4) is 0 Å².